The monoisotopic (exact) mass is 560 g/mol. The van der Waals surface area contributed by atoms with Crippen molar-refractivity contribution in [3.63, 3.8) is 0 Å². The fourth-order valence-corrected chi connectivity index (χ4v) is 4.69. The van der Waals surface area contributed by atoms with Crippen LogP contribution in [0.15, 0.2) is 84.9 Å². The maximum Gasteiger partial charge on any atom is 0.248 e. The van der Waals surface area contributed by atoms with Crippen molar-refractivity contribution in [2.75, 3.05) is 24.2 Å². The number of hydrogen-bond donors (Lipinski definition) is 2. The summed E-state index contributed by atoms with van der Waals surface area (Å²) in [6, 6.07) is 22.8. The topological polar surface area (TPSA) is 95.1 Å². The number of ether oxygens (including phenoxy) is 4. The summed E-state index contributed by atoms with van der Waals surface area (Å²) in [5.74, 6) is 2.29. The summed E-state index contributed by atoms with van der Waals surface area (Å²) in [5, 5.41) is 5.88. The van der Waals surface area contributed by atoms with E-state index < -0.39 is 0 Å². The summed E-state index contributed by atoms with van der Waals surface area (Å²) in [5.41, 5.74) is 7.02. The Balaban J connectivity index is 1.07. The number of rotatable bonds is 7. The van der Waals surface area contributed by atoms with Crippen LogP contribution in [0.2, 0.25) is 0 Å². The van der Waals surface area contributed by atoms with Crippen LogP contribution in [0, 0.1) is 13.8 Å². The number of fused-ring (bicyclic) bond motifs is 2. The number of aryl methyl sites for hydroxylation is 2. The molecule has 2 heterocycles. The predicted molar refractivity (Wildman–Crippen MR) is 162 cm³/mol. The number of carbonyl (C=O) groups is 2. The Bertz CT molecular complexity index is 1630. The van der Waals surface area contributed by atoms with Crippen LogP contribution in [0.5, 0.6) is 23.0 Å². The summed E-state index contributed by atoms with van der Waals surface area (Å²) in [6.07, 6.45) is 6.45. The third-order valence-electron chi connectivity index (χ3n) is 6.95. The van der Waals surface area contributed by atoms with Gasteiger partial charge in [-0.15, -0.1) is 0 Å². The number of carbonyl (C=O) groups excluding carboxylic acids is 2. The van der Waals surface area contributed by atoms with Gasteiger partial charge >= 0.3 is 0 Å². The minimum atomic E-state index is -0.230. The van der Waals surface area contributed by atoms with Crippen molar-refractivity contribution in [1.29, 1.82) is 0 Å². The van der Waals surface area contributed by atoms with Crippen molar-refractivity contribution < 1.29 is 28.5 Å². The summed E-state index contributed by atoms with van der Waals surface area (Å²) < 4.78 is 21.4. The van der Waals surface area contributed by atoms with E-state index in [1.54, 1.807) is 12.2 Å². The van der Waals surface area contributed by atoms with Gasteiger partial charge in [0.25, 0.3) is 0 Å². The molecule has 210 valence electrons. The molecule has 2 amide bonds. The maximum absolute atomic E-state index is 12.6. The Kier molecular flexibility index (Phi) is 7.34. The van der Waals surface area contributed by atoms with Crippen LogP contribution >= 0.6 is 0 Å². The van der Waals surface area contributed by atoms with Crippen LogP contribution < -0.4 is 29.6 Å². The van der Waals surface area contributed by atoms with Crippen LogP contribution in [0.4, 0.5) is 11.4 Å². The smallest absolute Gasteiger partial charge is 0.248 e. The second kappa shape index (κ2) is 11.5. The number of nitrogens with one attached hydrogen (secondary N) is 2. The molecule has 42 heavy (non-hydrogen) atoms. The lowest BCUT2D eigenvalue weighted by Crippen LogP contribution is -2.09. The van der Waals surface area contributed by atoms with Gasteiger partial charge in [-0.05, 0) is 108 Å². The van der Waals surface area contributed by atoms with Gasteiger partial charge in [0.1, 0.15) is 0 Å². The van der Waals surface area contributed by atoms with Gasteiger partial charge in [-0.2, -0.15) is 0 Å². The summed E-state index contributed by atoms with van der Waals surface area (Å²) in [4.78, 5) is 25.1. The lowest BCUT2D eigenvalue weighted by Gasteiger charge is -2.12. The maximum atomic E-state index is 12.6. The van der Waals surface area contributed by atoms with Crippen molar-refractivity contribution in [2.45, 2.75) is 13.8 Å². The third kappa shape index (κ3) is 5.97. The Morgan fingerprint density at radius 3 is 1.43 bits per heavy atom. The minimum Gasteiger partial charge on any atom is -0.454 e. The first-order chi connectivity index (χ1) is 20.4. The number of anilines is 2. The fourth-order valence-electron chi connectivity index (χ4n) is 4.69. The Labute approximate surface area is 243 Å². The van der Waals surface area contributed by atoms with Crippen LogP contribution in [0.3, 0.4) is 0 Å². The van der Waals surface area contributed by atoms with Crippen molar-refractivity contribution in [2.24, 2.45) is 0 Å². The zero-order valence-corrected chi connectivity index (χ0v) is 23.1. The molecule has 0 atom stereocenters. The lowest BCUT2D eigenvalue weighted by molar-refractivity contribution is -0.112. The average molecular weight is 561 g/mol. The normalized spacial score (nSPS) is 13.1. The van der Waals surface area contributed by atoms with Crippen molar-refractivity contribution in [1.82, 2.24) is 0 Å². The molecule has 0 saturated heterocycles. The summed E-state index contributed by atoms with van der Waals surface area (Å²) in [7, 11) is 0. The molecule has 0 radical (unpaired) electrons. The zero-order valence-electron chi connectivity index (χ0n) is 23.1. The summed E-state index contributed by atoms with van der Waals surface area (Å²) >= 11 is 0. The predicted octanol–water partition coefficient (Wildman–Crippen LogP) is 6.73. The second-order valence-corrected chi connectivity index (χ2v) is 9.93. The molecular formula is C34H28N2O6. The summed E-state index contributed by atoms with van der Waals surface area (Å²) in [6.45, 7) is 4.32. The van der Waals surface area contributed by atoms with Crippen molar-refractivity contribution >= 4 is 35.3 Å². The Morgan fingerprint density at radius 1 is 0.571 bits per heavy atom. The molecule has 6 rings (SSSR count). The van der Waals surface area contributed by atoms with E-state index >= 15 is 0 Å². The highest BCUT2D eigenvalue weighted by molar-refractivity contribution is 6.03. The van der Waals surface area contributed by atoms with Gasteiger partial charge in [-0.25, -0.2) is 0 Å². The van der Waals surface area contributed by atoms with Gasteiger partial charge in [0.15, 0.2) is 23.0 Å². The molecule has 2 aliphatic rings. The molecule has 0 saturated carbocycles. The van der Waals surface area contributed by atoms with Gasteiger partial charge < -0.3 is 29.6 Å². The number of hydrogen-bond acceptors (Lipinski definition) is 6. The van der Waals surface area contributed by atoms with E-state index in [1.807, 2.05) is 86.6 Å². The molecule has 4 aromatic carbocycles. The number of benzene rings is 4. The Morgan fingerprint density at radius 2 is 1.00 bits per heavy atom. The molecular weight excluding hydrogens is 532 g/mol. The van der Waals surface area contributed by atoms with Crippen molar-refractivity contribution in [3.8, 4) is 34.1 Å². The van der Waals surface area contributed by atoms with Crippen LogP contribution in [0.1, 0.15) is 22.3 Å². The fraction of sp³-hybridized carbons (Fsp3) is 0.118. The van der Waals surface area contributed by atoms with Gasteiger partial charge in [0, 0.05) is 23.5 Å². The highest BCUT2D eigenvalue weighted by atomic mass is 16.7. The molecule has 0 spiro atoms. The quantitative estimate of drug-likeness (QED) is 0.243. The largest absolute Gasteiger partial charge is 0.454 e. The molecule has 8 heteroatoms. The molecule has 2 N–H and O–H groups in total. The molecule has 0 fully saturated rings. The average Bonchev–Trinajstić information content (AvgIpc) is 3.66. The van der Waals surface area contributed by atoms with Gasteiger partial charge in [-0.3, -0.25) is 9.59 Å². The second-order valence-electron chi connectivity index (χ2n) is 9.93. The number of amides is 2. The first-order valence-electron chi connectivity index (χ1n) is 13.4. The van der Waals surface area contributed by atoms with Crippen LogP contribution in [0.25, 0.3) is 23.3 Å². The van der Waals surface area contributed by atoms with E-state index in [4.69, 9.17) is 18.9 Å². The van der Waals surface area contributed by atoms with E-state index in [9.17, 15) is 9.59 Å². The van der Waals surface area contributed by atoms with E-state index in [1.165, 1.54) is 12.2 Å². The minimum absolute atomic E-state index is 0.209. The molecule has 4 aromatic rings. The molecule has 0 aromatic heterocycles. The molecule has 2 aliphatic heterocycles. The molecule has 8 nitrogen and oxygen atoms in total. The van der Waals surface area contributed by atoms with E-state index in [-0.39, 0.29) is 25.4 Å². The highest BCUT2D eigenvalue weighted by Gasteiger charge is 2.14. The Hall–Kier alpha value is -5.50. The highest BCUT2D eigenvalue weighted by Crippen LogP contribution is 2.34. The third-order valence-corrected chi connectivity index (χ3v) is 6.95. The van der Waals surface area contributed by atoms with Gasteiger partial charge in [0.05, 0.1) is 0 Å². The van der Waals surface area contributed by atoms with E-state index in [0.29, 0.717) is 23.0 Å². The molecule has 0 aliphatic carbocycles. The first-order valence-corrected chi connectivity index (χ1v) is 13.4. The SMILES string of the molecule is Cc1cc(-c2ccc(NC(=O)C=Cc3ccc4c(c3)OCO4)c(C)c2)ccc1NC(=O)C=Cc1ccc2c(c1)OCO2. The molecule has 0 bridgehead atoms. The van der Waals surface area contributed by atoms with E-state index in [2.05, 4.69) is 10.6 Å². The van der Waals surface area contributed by atoms with Crippen LogP contribution in [-0.4, -0.2) is 25.4 Å². The van der Waals surface area contributed by atoms with E-state index in [0.717, 1.165) is 44.8 Å². The first kappa shape index (κ1) is 26.7. The van der Waals surface area contributed by atoms with Gasteiger partial charge in [0.2, 0.25) is 25.4 Å². The van der Waals surface area contributed by atoms with Crippen molar-refractivity contribution in [3.05, 3.63) is 107 Å². The molecule has 0 unspecified atom stereocenters. The standard InChI is InChI=1S/C34H28N2O6/c1-21-15-25(7-9-27(21)35-33(37)13-5-23-3-11-29-31(17-23)41-19-39-29)26-8-10-28(22(2)16-26)36-34(38)14-6-24-4-12-30-32(18-24)42-20-40-30/h3-18H,19-20H2,1-2H3,(H,35,37)(H,36,38). The van der Waals surface area contributed by atoms with Gasteiger partial charge in [-0.1, -0.05) is 24.3 Å². The van der Waals surface area contributed by atoms with Crippen LogP contribution in [-0.2, 0) is 9.59 Å². The lowest BCUT2D eigenvalue weighted by atomic mass is 10.00. The zero-order chi connectivity index (χ0) is 29.1.